The number of benzene rings is 2. The monoisotopic (exact) mass is 300 g/mol. The molecule has 0 atom stereocenters. The molecule has 0 fully saturated rings. The molecule has 5 heteroatoms. The van der Waals surface area contributed by atoms with E-state index in [9.17, 15) is 8.42 Å². The minimum absolute atomic E-state index is 0.237. The number of nitrogens with two attached hydrogens (primary N) is 1. The van der Waals surface area contributed by atoms with Gasteiger partial charge in [-0.3, -0.25) is 4.72 Å². The van der Waals surface area contributed by atoms with Crippen LogP contribution in [0.5, 0.6) is 0 Å². The Hall–Kier alpha value is -2.29. The minimum Gasteiger partial charge on any atom is -0.320 e. The van der Waals surface area contributed by atoms with Crippen molar-refractivity contribution in [3.63, 3.8) is 0 Å². The molecular formula is C16H16N2O2S. The molecule has 0 aliphatic rings. The van der Waals surface area contributed by atoms with Gasteiger partial charge in [-0.15, -0.1) is 0 Å². The van der Waals surface area contributed by atoms with Crippen LogP contribution in [-0.4, -0.2) is 15.0 Å². The van der Waals surface area contributed by atoms with Crippen molar-refractivity contribution in [3.8, 4) is 11.8 Å². The highest BCUT2D eigenvalue weighted by Gasteiger charge is 2.14. The van der Waals surface area contributed by atoms with Gasteiger partial charge >= 0.3 is 0 Å². The Labute approximate surface area is 125 Å². The van der Waals surface area contributed by atoms with Crippen molar-refractivity contribution in [1.29, 1.82) is 0 Å². The van der Waals surface area contributed by atoms with Gasteiger partial charge in [-0.25, -0.2) is 8.42 Å². The van der Waals surface area contributed by atoms with E-state index < -0.39 is 10.0 Å². The van der Waals surface area contributed by atoms with Gasteiger partial charge in [0, 0.05) is 5.56 Å². The van der Waals surface area contributed by atoms with E-state index in [-0.39, 0.29) is 11.4 Å². The van der Waals surface area contributed by atoms with Crippen LogP contribution in [0, 0.1) is 18.8 Å². The first-order valence-corrected chi connectivity index (χ1v) is 7.88. The van der Waals surface area contributed by atoms with Gasteiger partial charge in [0.25, 0.3) is 10.0 Å². The van der Waals surface area contributed by atoms with Crippen molar-refractivity contribution in [1.82, 2.24) is 0 Å². The third kappa shape index (κ3) is 4.09. The molecule has 3 N–H and O–H groups in total. The van der Waals surface area contributed by atoms with Crippen LogP contribution in [0.4, 0.5) is 5.69 Å². The number of anilines is 1. The minimum atomic E-state index is -3.60. The molecule has 0 unspecified atom stereocenters. The average Bonchev–Trinajstić information content (AvgIpc) is 2.45. The molecule has 0 saturated carbocycles. The molecule has 0 bridgehead atoms. The van der Waals surface area contributed by atoms with Crippen molar-refractivity contribution < 1.29 is 8.42 Å². The standard InChI is InChI=1S/C16H16N2O2S/c1-13-5-2-9-16(11-13)21(19,20)18-15-8-3-6-14(12-15)7-4-10-17/h2-3,5-6,8-9,11-12,18H,10,17H2,1H3. The van der Waals surface area contributed by atoms with Gasteiger partial charge in [0.15, 0.2) is 0 Å². The van der Waals surface area contributed by atoms with Crippen LogP contribution >= 0.6 is 0 Å². The summed E-state index contributed by atoms with van der Waals surface area (Å²) in [6.07, 6.45) is 0. The van der Waals surface area contributed by atoms with Gasteiger partial charge < -0.3 is 5.73 Å². The lowest BCUT2D eigenvalue weighted by molar-refractivity contribution is 0.601. The molecule has 0 saturated heterocycles. The second-order valence-electron chi connectivity index (χ2n) is 4.51. The topological polar surface area (TPSA) is 72.2 Å². The van der Waals surface area contributed by atoms with E-state index in [0.717, 1.165) is 5.56 Å². The highest BCUT2D eigenvalue weighted by atomic mass is 32.2. The molecule has 0 radical (unpaired) electrons. The zero-order valence-corrected chi connectivity index (χ0v) is 12.4. The quantitative estimate of drug-likeness (QED) is 0.853. The number of sulfonamides is 1. The van der Waals surface area contributed by atoms with Gasteiger partial charge in [0.05, 0.1) is 17.1 Å². The summed E-state index contributed by atoms with van der Waals surface area (Å²) < 4.78 is 27.2. The van der Waals surface area contributed by atoms with E-state index in [1.165, 1.54) is 0 Å². The molecule has 0 amide bonds. The highest BCUT2D eigenvalue weighted by Crippen LogP contribution is 2.17. The van der Waals surface area contributed by atoms with Crippen molar-refractivity contribution in [2.24, 2.45) is 5.73 Å². The summed E-state index contributed by atoms with van der Waals surface area (Å²) in [6.45, 7) is 2.11. The summed E-state index contributed by atoms with van der Waals surface area (Å²) >= 11 is 0. The molecule has 2 aromatic rings. The summed E-state index contributed by atoms with van der Waals surface area (Å²) in [7, 11) is -3.60. The maximum absolute atomic E-state index is 12.3. The van der Waals surface area contributed by atoms with Gasteiger partial charge in [0.2, 0.25) is 0 Å². The Morgan fingerprint density at radius 3 is 2.62 bits per heavy atom. The number of aryl methyl sites for hydroxylation is 1. The number of nitrogens with one attached hydrogen (secondary N) is 1. The largest absolute Gasteiger partial charge is 0.320 e. The zero-order chi connectivity index (χ0) is 15.3. The predicted molar refractivity (Wildman–Crippen MR) is 84.4 cm³/mol. The Bertz CT molecular complexity index is 802. The van der Waals surface area contributed by atoms with Crippen molar-refractivity contribution >= 4 is 15.7 Å². The molecule has 4 nitrogen and oxygen atoms in total. The molecule has 0 spiro atoms. The van der Waals surface area contributed by atoms with Crippen LogP contribution in [0.25, 0.3) is 0 Å². The van der Waals surface area contributed by atoms with Crippen molar-refractivity contribution in [2.45, 2.75) is 11.8 Å². The van der Waals surface area contributed by atoms with Crippen LogP contribution in [0.2, 0.25) is 0 Å². The van der Waals surface area contributed by atoms with Crippen LogP contribution < -0.4 is 10.5 Å². The first kappa shape index (κ1) is 15.1. The number of hydrogen-bond acceptors (Lipinski definition) is 3. The summed E-state index contributed by atoms with van der Waals surface area (Å²) in [5.74, 6) is 5.60. The fourth-order valence-corrected chi connectivity index (χ4v) is 2.96. The lowest BCUT2D eigenvalue weighted by Gasteiger charge is -2.09. The molecule has 21 heavy (non-hydrogen) atoms. The van der Waals surface area contributed by atoms with Crippen LogP contribution in [-0.2, 0) is 10.0 Å². The molecule has 108 valence electrons. The number of hydrogen-bond donors (Lipinski definition) is 2. The Balaban J connectivity index is 2.29. The van der Waals surface area contributed by atoms with E-state index in [4.69, 9.17) is 5.73 Å². The van der Waals surface area contributed by atoms with Gasteiger partial charge in [0.1, 0.15) is 0 Å². The fraction of sp³-hybridized carbons (Fsp3) is 0.125. The molecule has 0 aliphatic carbocycles. The van der Waals surface area contributed by atoms with Crippen LogP contribution in [0.15, 0.2) is 53.4 Å². The van der Waals surface area contributed by atoms with Gasteiger partial charge in [-0.05, 0) is 42.8 Å². The van der Waals surface area contributed by atoms with Crippen molar-refractivity contribution in [2.75, 3.05) is 11.3 Å². The second-order valence-corrected chi connectivity index (χ2v) is 6.19. The molecule has 2 aromatic carbocycles. The second kappa shape index (κ2) is 6.44. The molecule has 0 aromatic heterocycles. The van der Waals surface area contributed by atoms with Crippen LogP contribution in [0.3, 0.4) is 0 Å². The fourth-order valence-electron chi connectivity index (χ4n) is 1.81. The third-order valence-corrected chi connectivity index (χ3v) is 4.13. The smallest absolute Gasteiger partial charge is 0.261 e. The van der Waals surface area contributed by atoms with Gasteiger partial charge in [-0.1, -0.05) is 30.0 Å². The van der Waals surface area contributed by atoms with E-state index in [2.05, 4.69) is 16.6 Å². The summed E-state index contributed by atoms with van der Waals surface area (Å²) in [5.41, 5.74) is 7.40. The lowest BCUT2D eigenvalue weighted by Crippen LogP contribution is -2.13. The number of rotatable bonds is 3. The highest BCUT2D eigenvalue weighted by molar-refractivity contribution is 7.92. The maximum atomic E-state index is 12.3. The average molecular weight is 300 g/mol. The van der Waals surface area contributed by atoms with E-state index in [1.54, 1.807) is 42.5 Å². The Kier molecular flexibility index (Phi) is 4.63. The SMILES string of the molecule is Cc1cccc(S(=O)(=O)Nc2cccc(C#CCN)c2)c1. The van der Waals surface area contributed by atoms with E-state index in [1.807, 2.05) is 13.0 Å². The predicted octanol–water partition coefficient (Wildman–Crippen LogP) is 2.11. The maximum Gasteiger partial charge on any atom is 0.261 e. The molecule has 0 heterocycles. The Morgan fingerprint density at radius 1 is 1.14 bits per heavy atom. The lowest BCUT2D eigenvalue weighted by atomic mass is 10.2. The third-order valence-electron chi connectivity index (χ3n) is 2.75. The first-order chi connectivity index (χ1) is 10.0. The van der Waals surface area contributed by atoms with E-state index >= 15 is 0 Å². The van der Waals surface area contributed by atoms with E-state index in [0.29, 0.717) is 11.3 Å². The summed E-state index contributed by atoms with van der Waals surface area (Å²) in [5, 5.41) is 0. The molecule has 0 aliphatic heterocycles. The Morgan fingerprint density at radius 2 is 1.90 bits per heavy atom. The summed E-state index contributed by atoms with van der Waals surface area (Å²) in [6, 6.07) is 13.7. The molecular weight excluding hydrogens is 284 g/mol. The van der Waals surface area contributed by atoms with Crippen LogP contribution in [0.1, 0.15) is 11.1 Å². The molecule has 2 rings (SSSR count). The van der Waals surface area contributed by atoms with Gasteiger partial charge in [-0.2, -0.15) is 0 Å². The zero-order valence-electron chi connectivity index (χ0n) is 11.6. The normalized spacial score (nSPS) is 10.6. The first-order valence-electron chi connectivity index (χ1n) is 6.40. The summed E-state index contributed by atoms with van der Waals surface area (Å²) in [4.78, 5) is 0.237. The van der Waals surface area contributed by atoms with Crippen molar-refractivity contribution in [3.05, 3.63) is 59.7 Å².